The van der Waals surface area contributed by atoms with Gasteiger partial charge in [0.2, 0.25) is 0 Å². The number of aliphatic hydroxyl groups is 1. The van der Waals surface area contributed by atoms with Gasteiger partial charge in [-0.3, -0.25) is 4.79 Å². The van der Waals surface area contributed by atoms with Crippen LogP contribution in [0.25, 0.3) is 0 Å². The smallest absolute Gasteiger partial charge is 0.255 e. The summed E-state index contributed by atoms with van der Waals surface area (Å²) >= 11 is 0. The summed E-state index contributed by atoms with van der Waals surface area (Å²) in [6.07, 6.45) is 1.60. The zero-order valence-corrected chi connectivity index (χ0v) is 18.3. The van der Waals surface area contributed by atoms with Crippen molar-refractivity contribution in [1.82, 2.24) is 10.2 Å². The molecule has 1 fully saturated rings. The van der Waals surface area contributed by atoms with Crippen molar-refractivity contribution in [3.63, 3.8) is 0 Å². The zero-order valence-electron chi connectivity index (χ0n) is 18.3. The molecule has 1 aromatic carbocycles. The number of likely N-dealkylation sites (tertiary alicyclic amines) is 1. The lowest BCUT2D eigenvalue weighted by atomic mass is 9.93. The number of aliphatic hydroxyl groups excluding tert-OH is 1. The Labute approximate surface area is 178 Å². The SMILES string of the molecule is CNc1cc2c(c(C(=O)NC[C@@H]3CCN(CCCOC(C)C)CC3O)c1)OCCO2. The number of β-amino-alcohol motifs (C(OH)–C–C–N with tert-alkyl or cyclic N) is 1. The van der Waals surface area contributed by atoms with Crippen molar-refractivity contribution in [2.45, 2.75) is 38.9 Å². The van der Waals surface area contributed by atoms with Crippen molar-refractivity contribution in [3.8, 4) is 11.5 Å². The number of anilines is 1. The fourth-order valence-electron chi connectivity index (χ4n) is 3.88. The van der Waals surface area contributed by atoms with Crippen LogP contribution in [0.1, 0.15) is 37.0 Å². The highest BCUT2D eigenvalue weighted by atomic mass is 16.6. The van der Waals surface area contributed by atoms with Gasteiger partial charge in [0.15, 0.2) is 11.5 Å². The molecule has 0 aliphatic carbocycles. The van der Waals surface area contributed by atoms with Crippen molar-refractivity contribution < 1.29 is 24.1 Å². The Morgan fingerprint density at radius 1 is 1.33 bits per heavy atom. The third kappa shape index (κ3) is 6.00. The maximum Gasteiger partial charge on any atom is 0.255 e. The number of rotatable bonds is 9. The van der Waals surface area contributed by atoms with E-state index in [2.05, 4.69) is 15.5 Å². The van der Waals surface area contributed by atoms with Gasteiger partial charge in [-0.2, -0.15) is 0 Å². The Morgan fingerprint density at radius 3 is 2.87 bits per heavy atom. The average molecular weight is 422 g/mol. The van der Waals surface area contributed by atoms with Crippen LogP contribution >= 0.6 is 0 Å². The normalized spacial score (nSPS) is 21.5. The van der Waals surface area contributed by atoms with Gasteiger partial charge >= 0.3 is 0 Å². The Kier molecular flexibility index (Phi) is 8.18. The third-order valence-electron chi connectivity index (χ3n) is 5.58. The lowest BCUT2D eigenvalue weighted by molar-refractivity contribution is 0.0145. The molecule has 1 aromatic rings. The highest BCUT2D eigenvalue weighted by Gasteiger charge is 2.29. The second kappa shape index (κ2) is 10.8. The lowest BCUT2D eigenvalue weighted by Crippen LogP contribution is -2.48. The number of carbonyl (C=O) groups excluding carboxylic acids is 1. The highest BCUT2D eigenvalue weighted by Crippen LogP contribution is 2.37. The summed E-state index contributed by atoms with van der Waals surface area (Å²) in [6, 6.07) is 3.60. The van der Waals surface area contributed by atoms with E-state index in [0.29, 0.717) is 43.4 Å². The molecule has 1 amide bonds. The molecule has 2 atom stereocenters. The molecule has 30 heavy (non-hydrogen) atoms. The fraction of sp³-hybridized carbons (Fsp3) is 0.682. The summed E-state index contributed by atoms with van der Waals surface area (Å²) in [4.78, 5) is 15.1. The average Bonchev–Trinajstić information content (AvgIpc) is 2.75. The monoisotopic (exact) mass is 421 g/mol. The van der Waals surface area contributed by atoms with Crippen molar-refractivity contribution in [1.29, 1.82) is 0 Å². The summed E-state index contributed by atoms with van der Waals surface area (Å²) in [5, 5.41) is 16.6. The van der Waals surface area contributed by atoms with Gasteiger partial charge in [-0.1, -0.05) is 0 Å². The summed E-state index contributed by atoms with van der Waals surface area (Å²) in [5.41, 5.74) is 1.24. The maximum absolute atomic E-state index is 12.8. The van der Waals surface area contributed by atoms with Gasteiger partial charge in [0.1, 0.15) is 13.2 Å². The van der Waals surface area contributed by atoms with E-state index >= 15 is 0 Å². The van der Waals surface area contributed by atoms with E-state index in [1.807, 2.05) is 19.9 Å². The van der Waals surface area contributed by atoms with Crippen LogP contribution in [0, 0.1) is 5.92 Å². The lowest BCUT2D eigenvalue weighted by Gasteiger charge is -2.36. The largest absolute Gasteiger partial charge is 0.486 e. The van der Waals surface area contributed by atoms with E-state index in [-0.39, 0.29) is 17.9 Å². The standard InChI is InChI=1S/C22H35N3O5/c1-15(2)28-8-4-6-25-7-5-16(19(26)14-25)13-24-22(27)18-11-17(23-3)12-20-21(18)30-10-9-29-20/h11-12,15-16,19,23,26H,4-10,13-14H2,1-3H3,(H,24,27)/t16-,19?/m0/s1. The van der Waals surface area contributed by atoms with E-state index < -0.39 is 6.10 Å². The molecule has 2 aliphatic rings. The molecule has 1 unspecified atom stereocenters. The predicted molar refractivity (Wildman–Crippen MR) is 116 cm³/mol. The topological polar surface area (TPSA) is 92.3 Å². The number of ether oxygens (including phenoxy) is 3. The van der Waals surface area contributed by atoms with Crippen LogP contribution in [0.5, 0.6) is 11.5 Å². The maximum atomic E-state index is 12.8. The molecule has 1 saturated heterocycles. The van der Waals surface area contributed by atoms with Crippen LogP contribution in [0.3, 0.4) is 0 Å². The number of hydrogen-bond acceptors (Lipinski definition) is 7. The van der Waals surface area contributed by atoms with Crippen LogP contribution in [0.4, 0.5) is 5.69 Å². The van der Waals surface area contributed by atoms with E-state index in [1.165, 1.54) is 0 Å². The van der Waals surface area contributed by atoms with Gasteiger partial charge in [-0.25, -0.2) is 0 Å². The van der Waals surface area contributed by atoms with E-state index in [4.69, 9.17) is 14.2 Å². The minimum atomic E-state index is -0.456. The van der Waals surface area contributed by atoms with Crippen LogP contribution < -0.4 is 20.1 Å². The number of fused-ring (bicyclic) bond motifs is 1. The fourth-order valence-corrected chi connectivity index (χ4v) is 3.88. The molecule has 0 saturated carbocycles. The molecule has 0 radical (unpaired) electrons. The molecular weight excluding hydrogens is 386 g/mol. The number of carbonyl (C=O) groups is 1. The molecule has 8 nitrogen and oxygen atoms in total. The van der Waals surface area contributed by atoms with E-state index in [9.17, 15) is 9.90 Å². The van der Waals surface area contributed by atoms with Gasteiger partial charge in [0.25, 0.3) is 5.91 Å². The van der Waals surface area contributed by atoms with Crippen LogP contribution in [0.15, 0.2) is 12.1 Å². The van der Waals surface area contributed by atoms with E-state index in [1.54, 1.807) is 13.1 Å². The Bertz CT molecular complexity index is 712. The molecule has 3 N–H and O–H groups in total. The Hall–Kier alpha value is -2.03. The molecular formula is C22H35N3O5. The van der Waals surface area contributed by atoms with Crippen molar-refractivity contribution in [2.24, 2.45) is 5.92 Å². The van der Waals surface area contributed by atoms with Gasteiger partial charge in [-0.05, 0) is 39.3 Å². The minimum Gasteiger partial charge on any atom is -0.486 e. The summed E-state index contributed by atoms with van der Waals surface area (Å²) in [7, 11) is 1.80. The molecule has 2 aliphatic heterocycles. The molecule has 0 aromatic heterocycles. The van der Waals surface area contributed by atoms with Crippen molar-refractivity contribution in [2.75, 3.05) is 58.4 Å². The van der Waals surface area contributed by atoms with Gasteiger partial charge < -0.3 is 34.9 Å². The number of nitrogens with one attached hydrogen (secondary N) is 2. The zero-order chi connectivity index (χ0) is 21.5. The summed E-state index contributed by atoms with van der Waals surface area (Å²) in [6.45, 7) is 8.60. The number of benzene rings is 1. The quantitative estimate of drug-likeness (QED) is 0.523. The number of amides is 1. The summed E-state index contributed by atoms with van der Waals surface area (Å²) < 4.78 is 16.9. The summed E-state index contributed by atoms with van der Waals surface area (Å²) in [5.74, 6) is 0.886. The molecule has 3 rings (SSSR count). The molecule has 168 valence electrons. The highest BCUT2D eigenvalue weighted by molar-refractivity contribution is 5.99. The van der Waals surface area contributed by atoms with Crippen LogP contribution in [-0.4, -0.2) is 81.2 Å². The Balaban J connectivity index is 1.50. The number of piperidine rings is 1. The second-order valence-corrected chi connectivity index (χ2v) is 8.20. The number of hydrogen-bond donors (Lipinski definition) is 3. The third-order valence-corrected chi connectivity index (χ3v) is 5.58. The predicted octanol–water partition coefficient (Wildman–Crippen LogP) is 1.73. The van der Waals surface area contributed by atoms with E-state index in [0.717, 1.165) is 38.2 Å². The molecule has 2 heterocycles. The van der Waals surface area contributed by atoms with Crippen LogP contribution in [0.2, 0.25) is 0 Å². The van der Waals surface area contributed by atoms with Crippen molar-refractivity contribution >= 4 is 11.6 Å². The van der Waals surface area contributed by atoms with Crippen molar-refractivity contribution in [3.05, 3.63) is 17.7 Å². The molecule has 8 heteroatoms. The van der Waals surface area contributed by atoms with Gasteiger partial charge in [0, 0.05) is 51.0 Å². The first-order valence-corrected chi connectivity index (χ1v) is 10.9. The van der Waals surface area contributed by atoms with Gasteiger partial charge in [-0.15, -0.1) is 0 Å². The minimum absolute atomic E-state index is 0.0394. The second-order valence-electron chi connectivity index (χ2n) is 8.20. The molecule has 0 spiro atoms. The first-order valence-electron chi connectivity index (χ1n) is 10.9. The van der Waals surface area contributed by atoms with Gasteiger partial charge in [0.05, 0.1) is 17.8 Å². The molecule has 0 bridgehead atoms. The Morgan fingerprint density at radius 2 is 2.13 bits per heavy atom. The number of nitrogens with zero attached hydrogens (tertiary/aromatic N) is 1. The van der Waals surface area contributed by atoms with Crippen LogP contribution in [-0.2, 0) is 4.74 Å². The first-order chi connectivity index (χ1) is 14.5. The first kappa shape index (κ1) is 22.7.